The van der Waals surface area contributed by atoms with Crippen LogP contribution < -0.4 is 5.32 Å². The van der Waals surface area contributed by atoms with Crippen LogP contribution in [0.15, 0.2) is 49.1 Å². The van der Waals surface area contributed by atoms with E-state index in [2.05, 4.69) is 10.3 Å². The average molecular weight is 267 g/mol. The molecule has 5 nitrogen and oxygen atoms in total. The fraction of sp³-hybridized carbons (Fsp3) is 0.0667. The average Bonchev–Trinajstić information content (AvgIpc) is 2.89. The molecule has 2 heterocycles. The first-order valence-electron chi connectivity index (χ1n) is 6.16. The Labute approximate surface area is 115 Å². The first kappa shape index (κ1) is 12.2. The molecule has 0 saturated heterocycles. The number of carbonyl (C=O) groups excluding carboxylic acids is 1. The molecule has 1 aromatic carbocycles. The van der Waals surface area contributed by atoms with E-state index >= 15 is 0 Å². The van der Waals surface area contributed by atoms with E-state index in [4.69, 9.17) is 0 Å². The van der Waals surface area contributed by atoms with Gasteiger partial charge in [0.1, 0.15) is 5.75 Å². The minimum atomic E-state index is -0.192. The van der Waals surface area contributed by atoms with E-state index in [-0.39, 0.29) is 11.7 Å². The van der Waals surface area contributed by atoms with Gasteiger partial charge in [-0.25, -0.2) is 4.98 Å². The number of rotatable bonds is 2. The molecule has 0 unspecified atom stereocenters. The number of fused-ring (bicyclic) bond motifs is 1. The first-order chi connectivity index (χ1) is 9.63. The molecule has 0 bridgehead atoms. The number of amides is 1. The smallest absolute Gasteiger partial charge is 0.255 e. The van der Waals surface area contributed by atoms with E-state index in [9.17, 15) is 9.90 Å². The molecule has 0 saturated carbocycles. The lowest BCUT2D eigenvalue weighted by Gasteiger charge is -2.09. The number of hydrogen-bond donors (Lipinski definition) is 2. The number of aromatic hydroxyl groups is 1. The van der Waals surface area contributed by atoms with E-state index in [0.717, 1.165) is 11.1 Å². The normalized spacial score (nSPS) is 10.7. The molecule has 5 heteroatoms. The lowest BCUT2D eigenvalue weighted by Crippen LogP contribution is -2.12. The SMILES string of the molecule is Cc1cc(O)ccc1NC(=O)c1ccn2cncc2c1. The Kier molecular flexibility index (Phi) is 2.87. The fourth-order valence-electron chi connectivity index (χ4n) is 2.04. The van der Waals surface area contributed by atoms with Crippen LogP contribution >= 0.6 is 0 Å². The summed E-state index contributed by atoms with van der Waals surface area (Å²) in [5.74, 6) is -0.0105. The van der Waals surface area contributed by atoms with Crippen LogP contribution in [0.1, 0.15) is 15.9 Å². The van der Waals surface area contributed by atoms with Crippen LogP contribution in [-0.4, -0.2) is 20.4 Å². The third-order valence-corrected chi connectivity index (χ3v) is 3.13. The van der Waals surface area contributed by atoms with Crippen LogP contribution in [-0.2, 0) is 0 Å². The van der Waals surface area contributed by atoms with Crippen molar-refractivity contribution in [2.24, 2.45) is 0 Å². The standard InChI is InChI=1S/C15H13N3O2/c1-10-6-13(19)2-3-14(10)17-15(20)11-4-5-18-9-16-8-12(18)7-11/h2-9,19H,1H3,(H,17,20). The van der Waals surface area contributed by atoms with Gasteiger partial charge in [-0.2, -0.15) is 0 Å². The molecular weight excluding hydrogens is 254 g/mol. The number of anilines is 1. The number of nitrogens with zero attached hydrogens (tertiary/aromatic N) is 2. The van der Waals surface area contributed by atoms with E-state index in [1.807, 2.05) is 11.3 Å². The minimum absolute atomic E-state index is 0.182. The van der Waals surface area contributed by atoms with Crippen molar-refractivity contribution in [1.82, 2.24) is 9.38 Å². The van der Waals surface area contributed by atoms with Crippen LogP contribution in [0.5, 0.6) is 5.75 Å². The molecular formula is C15H13N3O2. The topological polar surface area (TPSA) is 66.6 Å². The Morgan fingerprint density at radius 2 is 2.15 bits per heavy atom. The van der Waals surface area contributed by atoms with Gasteiger partial charge in [-0.15, -0.1) is 0 Å². The maximum absolute atomic E-state index is 12.2. The van der Waals surface area contributed by atoms with Crippen molar-refractivity contribution in [2.45, 2.75) is 6.92 Å². The van der Waals surface area contributed by atoms with Gasteiger partial charge >= 0.3 is 0 Å². The van der Waals surface area contributed by atoms with E-state index in [0.29, 0.717) is 11.3 Å². The van der Waals surface area contributed by atoms with Crippen molar-refractivity contribution in [2.75, 3.05) is 5.32 Å². The molecule has 3 aromatic rings. The zero-order valence-electron chi connectivity index (χ0n) is 10.9. The number of phenolic OH excluding ortho intramolecular Hbond substituents is 1. The predicted molar refractivity (Wildman–Crippen MR) is 76.0 cm³/mol. The number of aromatic nitrogens is 2. The third-order valence-electron chi connectivity index (χ3n) is 3.13. The highest BCUT2D eigenvalue weighted by Crippen LogP contribution is 2.21. The van der Waals surface area contributed by atoms with Crippen molar-refractivity contribution in [3.8, 4) is 5.75 Å². The summed E-state index contributed by atoms with van der Waals surface area (Å²) in [6, 6.07) is 8.34. The lowest BCUT2D eigenvalue weighted by molar-refractivity contribution is 0.102. The van der Waals surface area contributed by atoms with Gasteiger partial charge in [-0.05, 0) is 42.8 Å². The number of pyridine rings is 1. The Balaban J connectivity index is 1.88. The zero-order valence-corrected chi connectivity index (χ0v) is 10.9. The summed E-state index contributed by atoms with van der Waals surface area (Å²) in [7, 11) is 0. The first-order valence-corrected chi connectivity index (χ1v) is 6.16. The van der Waals surface area contributed by atoms with Crippen molar-refractivity contribution >= 4 is 17.1 Å². The van der Waals surface area contributed by atoms with Gasteiger partial charge < -0.3 is 14.8 Å². The Hall–Kier alpha value is -2.82. The van der Waals surface area contributed by atoms with Gasteiger partial charge in [0.25, 0.3) is 5.91 Å². The molecule has 0 radical (unpaired) electrons. The molecule has 0 atom stereocenters. The summed E-state index contributed by atoms with van der Waals surface area (Å²) in [4.78, 5) is 16.2. The highest BCUT2D eigenvalue weighted by molar-refractivity contribution is 6.05. The minimum Gasteiger partial charge on any atom is -0.508 e. The second-order valence-electron chi connectivity index (χ2n) is 4.59. The fourth-order valence-corrected chi connectivity index (χ4v) is 2.04. The third kappa shape index (κ3) is 2.21. The quantitative estimate of drug-likeness (QED) is 0.701. The summed E-state index contributed by atoms with van der Waals surface area (Å²) in [6.07, 6.45) is 5.17. The molecule has 1 amide bonds. The molecule has 0 fully saturated rings. The predicted octanol–water partition coefficient (Wildman–Crippen LogP) is 2.60. The maximum Gasteiger partial charge on any atom is 0.255 e. The van der Waals surface area contributed by atoms with Gasteiger partial charge in [0.15, 0.2) is 0 Å². The molecule has 2 aromatic heterocycles. The zero-order chi connectivity index (χ0) is 14.1. The van der Waals surface area contributed by atoms with Crippen LogP contribution in [0.25, 0.3) is 5.52 Å². The number of carbonyl (C=O) groups is 1. The van der Waals surface area contributed by atoms with Gasteiger partial charge in [-0.1, -0.05) is 0 Å². The van der Waals surface area contributed by atoms with E-state index < -0.39 is 0 Å². The molecule has 2 N–H and O–H groups in total. The second-order valence-corrected chi connectivity index (χ2v) is 4.59. The summed E-state index contributed by atoms with van der Waals surface area (Å²) in [6.45, 7) is 1.83. The van der Waals surface area contributed by atoms with Crippen LogP contribution in [0.2, 0.25) is 0 Å². The summed E-state index contributed by atoms with van der Waals surface area (Å²) >= 11 is 0. The number of phenols is 1. The van der Waals surface area contributed by atoms with Crippen LogP contribution in [0, 0.1) is 6.92 Å². The van der Waals surface area contributed by atoms with Gasteiger partial charge in [0.05, 0.1) is 18.0 Å². The molecule has 0 aliphatic rings. The Morgan fingerprint density at radius 3 is 2.95 bits per heavy atom. The molecule has 0 aliphatic carbocycles. The number of nitrogens with one attached hydrogen (secondary N) is 1. The van der Waals surface area contributed by atoms with E-state index in [1.54, 1.807) is 49.1 Å². The second kappa shape index (κ2) is 4.70. The monoisotopic (exact) mass is 267 g/mol. The van der Waals surface area contributed by atoms with Gasteiger partial charge in [0, 0.05) is 17.4 Å². The molecule has 0 spiro atoms. The van der Waals surface area contributed by atoms with Crippen LogP contribution in [0.3, 0.4) is 0 Å². The number of imidazole rings is 1. The van der Waals surface area contributed by atoms with Crippen molar-refractivity contribution in [3.63, 3.8) is 0 Å². The molecule has 0 aliphatic heterocycles. The number of benzene rings is 1. The Bertz CT molecular complexity index is 793. The highest BCUT2D eigenvalue weighted by atomic mass is 16.3. The van der Waals surface area contributed by atoms with Crippen LogP contribution in [0.4, 0.5) is 5.69 Å². The van der Waals surface area contributed by atoms with Gasteiger partial charge in [0.2, 0.25) is 0 Å². The van der Waals surface area contributed by atoms with Crippen molar-refractivity contribution in [3.05, 3.63) is 60.2 Å². The van der Waals surface area contributed by atoms with E-state index in [1.165, 1.54) is 0 Å². The molecule has 3 rings (SSSR count). The lowest BCUT2D eigenvalue weighted by atomic mass is 10.1. The molecule has 100 valence electrons. The summed E-state index contributed by atoms with van der Waals surface area (Å²) < 4.78 is 1.84. The highest BCUT2D eigenvalue weighted by Gasteiger charge is 2.09. The van der Waals surface area contributed by atoms with Gasteiger partial charge in [-0.3, -0.25) is 4.79 Å². The Morgan fingerprint density at radius 1 is 1.30 bits per heavy atom. The molecule has 20 heavy (non-hydrogen) atoms. The number of hydrogen-bond acceptors (Lipinski definition) is 3. The van der Waals surface area contributed by atoms with Crippen molar-refractivity contribution in [1.29, 1.82) is 0 Å². The summed E-state index contributed by atoms with van der Waals surface area (Å²) in [5.41, 5.74) is 2.91. The van der Waals surface area contributed by atoms with Crippen molar-refractivity contribution < 1.29 is 9.90 Å². The maximum atomic E-state index is 12.2. The largest absolute Gasteiger partial charge is 0.508 e. The number of aryl methyl sites for hydroxylation is 1. The summed E-state index contributed by atoms with van der Waals surface area (Å²) in [5, 5.41) is 12.2.